The van der Waals surface area contributed by atoms with E-state index < -0.39 is 0 Å². The number of amidine groups is 2. The molecule has 1 aliphatic carbocycles. The number of aromatic nitrogens is 2. The van der Waals surface area contributed by atoms with Gasteiger partial charge < -0.3 is 0 Å². The number of hydrogen-bond acceptors (Lipinski definition) is 3. The number of imidazole rings is 1. The van der Waals surface area contributed by atoms with Crippen LogP contribution in [0.25, 0.3) is 27.8 Å². The number of nitrogens with zero attached hydrogens (tertiary/aromatic N) is 6. The Kier molecular flexibility index (Phi) is 8.46. The van der Waals surface area contributed by atoms with E-state index in [2.05, 4.69) is 167 Å². The van der Waals surface area contributed by atoms with Crippen LogP contribution >= 0.6 is 0 Å². The van der Waals surface area contributed by atoms with Crippen LogP contribution < -0.4 is 4.90 Å². The van der Waals surface area contributed by atoms with Gasteiger partial charge in [-0.15, -0.1) is 0 Å². The summed E-state index contributed by atoms with van der Waals surface area (Å²) >= 11 is 0. The fourth-order valence-corrected chi connectivity index (χ4v) is 7.50. The maximum absolute atomic E-state index is 5.35. The number of anilines is 3. The molecule has 0 amide bonds. The molecule has 0 fully saturated rings. The first-order valence-corrected chi connectivity index (χ1v) is 17.9. The first-order chi connectivity index (χ1) is 26.3. The van der Waals surface area contributed by atoms with Crippen molar-refractivity contribution in [3.63, 3.8) is 0 Å². The highest BCUT2D eigenvalue weighted by atomic mass is 15.3. The largest absolute Gasteiger partial charge is 0.279 e. The summed E-state index contributed by atoms with van der Waals surface area (Å²) < 4.78 is 2.27. The van der Waals surface area contributed by atoms with Gasteiger partial charge in [-0.3, -0.25) is 14.5 Å². The van der Waals surface area contributed by atoms with Crippen molar-refractivity contribution < 1.29 is 0 Å². The Hall–Kier alpha value is -6.92. The van der Waals surface area contributed by atoms with Gasteiger partial charge in [0, 0.05) is 28.5 Å². The molecule has 0 N–H and O–H groups in total. The number of para-hydroxylation sites is 5. The molecule has 0 saturated heterocycles. The number of rotatable bonds is 6. The van der Waals surface area contributed by atoms with Crippen LogP contribution in [0.15, 0.2) is 197 Å². The monoisotopic (exact) mass is 684 g/mol. The van der Waals surface area contributed by atoms with Crippen molar-refractivity contribution in [1.29, 1.82) is 0 Å². The molecule has 7 aromatic rings. The third kappa shape index (κ3) is 5.90. The summed E-state index contributed by atoms with van der Waals surface area (Å²) in [6.07, 6.45) is 8.54. The van der Waals surface area contributed by atoms with Crippen molar-refractivity contribution in [2.45, 2.75) is 12.5 Å². The number of benzene rings is 6. The molecule has 254 valence electrons. The molecule has 9 rings (SSSR count). The van der Waals surface area contributed by atoms with Crippen molar-refractivity contribution in [3.8, 4) is 16.8 Å². The molecule has 2 atom stereocenters. The Morgan fingerprint density at radius 3 is 2.04 bits per heavy atom. The summed E-state index contributed by atoms with van der Waals surface area (Å²) in [5.74, 6) is 1.88. The van der Waals surface area contributed by atoms with Crippen LogP contribution in [0.2, 0.25) is 0 Å². The SMILES string of the molecule is C=NC(=NC(=NCc1ccccc1)c1ccccc1N1c2ccccc2-c2ccccc2-n2c1nc1ccccc12)C1C=CC=CC1c1ccccc1. The van der Waals surface area contributed by atoms with E-state index in [1.54, 1.807) is 0 Å². The molecule has 0 bridgehead atoms. The predicted octanol–water partition coefficient (Wildman–Crippen LogP) is 11.0. The van der Waals surface area contributed by atoms with Crippen LogP contribution in [0.5, 0.6) is 0 Å². The van der Waals surface area contributed by atoms with Gasteiger partial charge >= 0.3 is 0 Å². The molecule has 6 nitrogen and oxygen atoms in total. The second kappa shape index (κ2) is 14.0. The van der Waals surface area contributed by atoms with Gasteiger partial charge in [-0.05, 0) is 54.2 Å². The minimum absolute atomic E-state index is 0.0481. The first kappa shape index (κ1) is 32.0. The first-order valence-electron chi connectivity index (χ1n) is 17.9. The molecule has 0 saturated carbocycles. The highest BCUT2D eigenvalue weighted by Crippen LogP contribution is 2.48. The van der Waals surface area contributed by atoms with Crippen LogP contribution in [0.1, 0.15) is 22.6 Å². The van der Waals surface area contributed by atoms with E-state index in [9.17, 15) is 0 Å². The smallest absolute Gasteiger partial charge is 0.220 e. The Labute approximate surface area is 309 Å². The highest BCUT2D eigenvalue weighted by Gasteiger charge is 2.31. The molecule has 6 heteroatoms. The van der Waals surface area contributed by atoms with Gasteiger partial charge in [0.2, 0.25) is 5.95 Å². The van der Waals surface area contributed by atoms with E-state index >= 15 is 0 Å². The summed E-state index contributed by atoms with van der Waals surface area (Å²) in [5, 5.41) is 0. The van der Waals surface area contributed by atoms with Gasteiger partial charge in [-0.2, -0.15) is 0 Å². The quantitative estimate of drug-likeness (QED) is 0.129. The van der Waals surface area contributed by atoms with E-state index in [1.807, 2.05) is 36.4 Å². The van der Waals surface area contributed by atoms with E-state index in [0.717, 1.165) is 56.3 Å². The molecule has 1 aromatic heterocycles. The Balaban J connectivity index is 1.27. The van der Waals surface area contributed by atoms with Gasteiger partial charge in [0.15, 0.2) is 5.84 Å². The molecule has 0 radical (unpaired) electrons. The maximum atomic E-state index is 5.35. The topological polar surface area (TPSA) is 58.1 Å². The molecular formula is C47H36N6. The van der Waals surface area contributed by atoms with Gasteiger partial charge in [-0.1, -0.05) is 146 Å². The molecule has 2 aliphatic rings. The van der Waals surface area contributed by atoms with Crippen molar-refractivity contribution in [1.82, 2.24) is 9.55 Å². The standard InChI is InChI=1S/C47H36N6/c1-48-45(38-25-9-8-22-35(38)34-20-6-3-7-21-34)51-46(49-32-33-18-4-2-5-19-33)39-26-12-16-30-43(39)52-41-28-14-10-23-36(41)37-24-11-15-29-42(37)53-44-31-17-13-27-40(44)50-47(52)53/h2-31,35,38H,1,32H2. The Morgan fingerprint density at radius 1 is 0.623 bits per heavy atom. The summed E-state index contributed by atoms with van der Waals surface area (Å²) in [7, 11) is 0. The maximum Gasteiger partial charge on any atom is 0.220 e. The van der Waals surface area contributed by atoms with Crippen molar-refractivity contribution in [2.24, 2.45) is 20.9 Å². The van der Waals surface area contributed by atoms with Crippen molar-refractivity contribution in [2.75, 3.05) is 4.90 Å². The van der Waals surface area contributed by atoms with Gasteiger partial charge in [0.25, 0.3) is 0 Å². The fraction of sp³-hybridized carbons (Fsp3) is 0.0638. The van der Waals surface area contributed by atoms with E-state index in [1.165, 1.54) is 5.56 Å². The molecule has 2 unspecified atom stereocenters. The predicted molar refractivity (Wildman–Crippen MR) is 219 cm³/mol. The summed E-state index contributed by atoms with van der Waals surface area (Å²) in [5.41, 5.74) is 10.3. The molecule has 0 spiro atoms. The summed E-state index contributed by atoms with van der Waals surface area (Å²) in [6.45, 7) is 4.49. The van der Waals surface area contributed by atoms with Crippen molar-refractivity contribution >= 4 is 46.7 Å². The Morgan fingerprint density at radius 2 is 1.25 bits per heavy atom. The zero-order valence-corrected chi connectivity index (χ0v) is 29.1. The third-order valence-electron chi connectivity index (χ3n) is 9.96. The van der Waals surface area contributed by atoms with Gasteiger partial charge in [0.1, 0.15) is 5.84 Å². The third-order valence-corrected chi connectivity index (χ3v) is 9.96. The van der Waals surface area contributed by atoms with E-state index in [-0.39, 0.29) is 11.8 Å². The van der Waals surface area contributed by atoms with Gasteiger partial charge in [-0.25, -0.2) is 15.0 Å². The van der Waals surface area contributed by atoms with Crippen LogP contribution in [0.3, 0.4) is 0 Å². The van der Waals surface area contributed by atoms with Crippen LogP contribution in [-0.4, -0.2) is 27.9 Å². The number of fused-ring (bicyclic) bond motifs is 7. The van der Waals surface area contributed by atoms with E-state index in [4.69, 9.17) is 15.0 Å². The Bertz CT molecular complexity index is 2580. The number of aliphatic imine (C=N–C) groups is 3. The zero-order valence-electron chi connectivity index (χ0n) is 29.1. The second-order valence-corrected chi connectivity index (χ2v) is 13.1. The minimum Gasteiger partial charge on any atom is -0.279 e. The molecule has 53 heavy (non-hydrogen) atoms. The average molecular weight is 685 g/mol. The number of hydrogen-bond donors (Lipinski definition) is 0. The fourth-order valence-electron chi connectivity index (χ4n) is 7.50. The lowest BCUT2D eigenvalue weighted by Crippen LogP contribution is -2.22. The second-order valence-electron chi connectivity index (χ2n) is 13.1. The van der Waals surface area contributed by atoms with Crippen LogP contribution in [-0.2, 0) is 6.54 Å². The zero-order chi connectivity index (χ0) is 35.6. The lowest BCUT2D eigenvalue weighted by molar-refractivity contribution is 0.730. The lowest BCUT2D eigenvalue weighted by atomic mass is 9.82. The normalized spacial score (nSPS) is 16.5. The molecular weight excluding hydrogens is 649 g/mol. The van der Waals surface area contributed by atoms with Crippen molar-refractivity contribution in [3.05, 3.63) is 199 Å². The molecule has 1 aliphatic heterocycles. The summed E-state index contributed by atoms with van der Waals surface area (Å²) in [4.78, 5) is 22.8. The average Bonchev–Trinajstić information content (AvgIpc) is 3.56. The lowest BCUT2D eigenvalue weighted by Gasteiger charge is -2.27. The minimum atomic E-state index is -0.133. The highest BCUT2D eigenvalue weighted by molar-refractivity contribution is 6.12. The molecule has 2 heterocycles. The number of allylic oxidation sites excluding steroid dienone is 3. The van der Waals surface area contributed by atoms with Crippen LogP contribution in [0, 0.1) is 5.92 Å². The van der Waals surface area contributed by atoms with Gasteiger partial charge in [0.05, 0.1) is 34.6 Å². The molecule has 6 aromatic carbocycles. The van der Waals surface area contributed by atoms with Crippen LogP contribution in [0.4, 0.5) is 17.3 Å². The summed E-state index contributed by atoms with van der Waals surface area (Å²) in [6, 6.07) is 54.6. The van der Waals surface area contributed by atoms with E-state index in [0.29, 0.717) is 18.2 Å².